The molecule has 1 aliphatic rings. The van der Waals surface area contributed by atoms with E-state index in [1.165, 1.54) is 18.2 Å². The Labute approximate surface area is 204 Å². The molecule has 0 spiro atoms. The number of aromatic nitrogens is 2. The van der Waals surface area contributed by atoms with Crippen LogP contribution in [0.2, 0.25) is 5.02 Å². The van der Waals surface area contributed by atoms with Gasteiger partial charge in [0.1, 0.15) is 5.56 Å². The van der Waals surface area contributed by atoms with E-state index in [4.69, 9.17) is 16.3 Å². The molecule has 2 aromatic carbocycles. The van der Waals surface area contributed by atoms with Gasteiger partial charge in [0.15, 0.2) is 0 Å². The number of carbonyl (C=O) groups excluding carboxylic acids is 1. The Morgan fingerprint density at radius 3 is 2.63 bits per heavy atom. The highest BCUT2D eigenvalue weighted by molar-refractivity contribution is 6.31. The molecule has 35 heavy (non-hydrogen) atoms. The Kier molecular flexibility index (Phi) is 7.23. The molecule has 182 valence electrons. The second-order valence-electron chi connectivity index (χ2n) is 7.65. The Hall–Kier alpha value is -3.63. The molecule has 1 aliphatic heterocycles. The number of benzene rings is 2. The Morgan fingerprint density at radius 1 is 1.14 bits per heavy atom. The summed E-state index contributed by atoms with van der Waals surface area (Å²) < 4.78 is 46.7. The van der Waals surface area contributed by atoms with Crippen molar-refractivity contribution in [1.29, 1.82) is 0 Å². The maximum Gasteiger partial charge on any atom is 0.419 e. The van der Waals surface area contributed by atoms with Crippen molar-refractivity contribution in [3.8, 4) is 11.3 Å². The number of carbonyl (C=O) groups is 1. The summed E-state index contributed by atoms with van der Waals surface area (Å²) in [5.74, 6) is -0.553. The summed E-state index contributed by atoms with van der Waals surface area (Å²) in [6, 6.07) is 11.5. The average Bonchev–Trinajstić information content (AvgIpc) is 2.83. The predicted molar refractivity (Wildman–Crippen MR) is 129 cm³/mol. The first kappa shape index (κ1) is 24.5. The Bertz CT molecular complexity index is 1250. The number of nitrogens with zero attached hydrogens (tertiary/aromatic N) is 3. The minimum absolute atomic E-state index is 0.0243. The lowest BCUT2D eigenvalue weighted by Gasteiger charge is -2.29. The van der Waals surface area contributed by atoms with E-state index in [0.717, 1.165) is 31.0 Å². The van der Waals surface area contributed by atoms with Gasteiger partial charge in [-0.1, -0.05) is 24.2 Å². The molecule has 2 heterocycles. The fourth-order valence-electron chi connectivity index (χ4n) is 3.59. The molecule has 4 rings (SSSR count). The normalized spacial score (nSPS) is 13.9. The summed E-state index contributed by atoms with van der Waals surface area (Å²) >= 11 is 6.12. The second kappa shape index (κ2) is 10.3. The zero-order valence-electron chi connectivity index (χ0n) is 18.4. The monoisotopic (exact) mass is 503 g/mol. The molecule has 2 N–H and O–H groups in total. The van der Waals surface area contributed by atoms with Crippen LogP contribution < -0.4 is 15.5 Å². The van der Waals surface area contributed by atoms with Crippen molar-refractivity contribution >= 4 is 40.5 Å². The molecule has 0 bridgehead atoms. The first-order chi connectivity index (χ1) is 16.7. The van der Waals surface area contributed by atoms with E-state index in [1.54, 1.807) is 6.07 Å². The van der Waals surface area contributed by atoms with Crippen LogP contribution in [0, 0.1) is 0 Å². The topological polar surface area (TPSA) is 79.4 Å². The first-order valence-electron chi connectivity index (χ1n) is 10.6. The molecule has 3 aromatic rings. The highest BCUT2D eigenvalue weighted by Gasteiger charge is 2.35. The SMILES string of the molecule is C=CC(=O)Nc1cc(Cl)cc(-c2nc(Nc3cccc(N4CCOCC4)c3)ncc2C(F)(F)F)c1. The molecule has 1 aromatic heterocycles. The van der Waals surface area contributed by atoms with Crippen molar-refractivity contribution in [3.63, 3.8) is 0 Å². The number of halogens is 4. The van der Waals surface area contributed by atoms with Crippen LogP contribution in [0.5, 0.6) is 0 Å². The summed E-state index contributed by atoms with van der Waals surface area (Å²) in [6.45, 7) is 6.09. The number of alkyl halides is 3. The van der Waals surface area contributed by atoms with Crippen LogP contribution in [-0.4, -0.2) is 42.2 Å². The predicted octanol–water partition coefficient (Wildman–Crippen LogP) is 5.52. The number of hydrogen-bond acceptors (Lipinski definition) is 6. The summed E-state index contributed by atoms with van der Waals surface area (Å²) in [4.78, 5) is 21.9. The van der Waals surface area contributed by atoms with Gasteiger partial charge in [-0.15, -0.1) is 0 Å². The molecular formula is C24H21ClF3N5O2. The van der Waals surface area contributed by atoms with Crippen LogP contribution in [0.1, 0.15) is 5.56 Å². The van der Waals surface area contributed by atoms with E-state index in [9.17, 15) is 18.0 Å². The molecule has 1 fully saturated rings. The largest absolute Gasteiger partial charge is 0.419 e. The fourth-order valence-corrected chi connectivity index (χ4v) is 3.83. The van der Waals surface area contributed by atoms with Crippen molar-refractivity contribution in [2.24, 2.45) is 0 Å². The van der Waals surface area contributed by atoms with Crippen molar-refractivity contribution in [1.82, 2.24) is 9.97 Å². The van der Waals surface area contributed by atoms with E-state index >= 15 is 0 Å². The third-order valence-corrected chi connectivity index (χ3v) is 5.42. The summed E-state index contributed by atoms with van der Waals surface area (Å²) in [6.07, 6.45) is -2.95. The lowest BCUT2D eigenvalue weighted by Crippen LogP contribution is -2.36. The van der Waals surface area contributed by atoms with E-state index < -0.39 is 17.6 Å². The Morgan fingerprint density at radius 2 is 1.91 bits per heavy atom. The molecule has 0 unspecified atom stereocenters. The van der Waals surface area contributed by atoms with Crippen LogP contribution in [0.3, 0.4) is 0 Å². The third kappa shape index (κ3) is 6.09. The van der Waals surface area contributed by atoms with Crippen LogP contribution >= 0.6 is 11.6 Å². The summed E-state index contributed by atoms with van der Waals surface area (Å²) in [5.41, 5.74) is 0.422. The van der Waals surface area contributed by atoms with Gasteiger partial charge in [0, 0.05) is 46.9 Å². The lowest BCUT2D eigenvalue weighted by molar-refractivity contribution is -0.137. The summed E-state index contributed by atoms with van der Waals surface area (Å²) in [7, 11) is 0. The van der Waals surface area contributed by atoms with Crippen LogP contribution in [0.4, 0.5) is 36.2 Å². The number of amides is 1. The molecule has 0 saturated carbocycles. The third-order valence-electron chi connectivity index (χ3n) is 5.20. The van der Waals surface area contributed by atoms with Crippen LogP contribution in [-0.2, 0) is 15.7 Å². The minimum Gasteiger partial charge on any atom is -0.378 e. The molecule has 11 heteroatoms. The van der Waals surface area contributed by atoms with E-state index in [2.05, 4.69) is 32.1 Å². The maximum atomic E-state index is 13.8. The van der Waals surface area contributed by atoms with Gasteiger partial charge in [0.25, 0.3) is 0 Å². The lowest BCUT2D eigenvalue weighted by atomic mass is 10.1. The van der Waals surface area contributed by atoms with Crippen LogP contribution in [0.15, 0.2) is 61.3 Å². The highest BCUT2D eigenvalue weighted by Crippen LogP contribution is 2.38. The fraction of sp³-hybridized carbons (Fsp3) is 0.208. The van der Waals surface area contributed by atoms with Crippen molar-refractivity contribution in [2.45, 2.75) is 6.18 Å². The van der Waals surface area contributed by atoms with E-state index in [-0.39, 0.29) is 27.9 Å². The number of hydrogen-bond donors (Lipinski definition) is 2. The second-order valence-corrected chi connectivity index (χ2v) is 8.09. The number of nitrogens with one attached hydrogen (secondary N) is 2. The molecule has 1 saturated heterocycles. The highest BCUT2D eigenvalue weighted by atomic mass is 35.5. The van der Waals surface area contributed by atoms with E-state index in [0.29, 0.717) is 18.9 Å². The molecular weight excluding hydrogens is 483 g/mol. The van der Waals surface area contributed by atoms with Crippen LogP contribution in [0.25, 0.3) is 11.3 Å². The van der Waals surface area contributed by atoms with E-state index in [1.807, 2.05) is 18.2 Å². The number of rotatable bonds is 6. The number of morpholine rings is 1. The van der Waals surface area contributed by atoms with Gasteiger partial charge in [-0.2, -0.15) is 13.2 Å². The van der Waals surface area contributed by atoms with Crippen molar-refractivity contribution in [3.05, 3.63) is 71.9 Å². The molecule has 7 nitrogen and oxygen atoms in total. The van der Waals surface area contributed by atoms with Crippen molar-refractivity contribution < 1.29 is 22.7 Å². The zero-order valence-corrected chi connectivity index (χ0v) is 19.2. The van der Waals surface area contributed by atoms with Gasteiger partial charge in [0.2, 0.25) is 11.9 Å². The van der Waals surface area contributed by atoms with Gasteiger partial charge in [-0.25, -0.2) is 9.97 Å². The van der Waals surface area contributed by atoms with Gasteiger partial charge in [-0.3, -0.25) is 4.79 Å². The Balaban J connectivity index is 1.69. The summed E-state index contributed by atoms with van der Waals surface area (Å²) in [5, 5.41) is 5.60. The minimum atomic E-state index is -4.71. The van der Waals surface area contributed by atoms with Gasteiger partial charge in [-0.05, 0) is 42.5 Å². The molecule has 0 aliphatic carbocycles. The van der Waals surface area contributed by atoms with Gasteiger partial charge in [0.05, 0.1) is 18.9 Å². The number of ether oxygens (including phenoxy) is 1. The van der Waals surface area contributed by atoms with Gasteiger partial charge >= 0.3 is 6.18 Å². The smallest absolute Gasteiger partial charge is 0.378 e. The molecule has 1 amide bonds. The first-order valence-corrected chi connectivity index (χ1v) is 11.0. The van der Waals surface area contributed by atoms with Crippen molar-refractivity contribution in [2.75, 3.05) is 41.8 Å². The van der Waals surface area contributed by atoms with Gasteiger partial charge < -0.3 is 20.3 Å². The molecule has 0 atom stereocenters. The zero-order chi connectivity index (χ0) is 25.0. The number of anilines is 4. The quantitative estimate of drug-likeness (QED) is 0.431. The maximum absolute atomic E-state index is 13.8. The average molecular weight is 504 g/mol. The standard InChI is InChI=1S/C24H21ClF3N5O2/c1-2-21(34)30-18-11-15(10-16(25)12-18)22-20(24(26,27)28)14-29-23(32-22)31-17-4-3-5-19(13-17)33-6-8-35-9-7-33/h2-5,10-14H,1,6-9H2,(H,30,34)(H,29,31,32). The molecule has 0 radical (unpaired) electrons.